The predicted molar refractivity (Wildman–Crippen MR) is 95.0 cm³/mol. The van der Waals surface area contributed by atoms with Crippen LogP contribution in [-0.2, 0) is 10.0 Å². The first-order valence-corrected chi connectivity index (χ1v) is 10.4. The van der Waals surface area contributed by atoms with E-state index in [0.717, 1.165) is 30.5 Å². The van der Waals surface area contributed by atoms with Crippen molar-refractivity contribution in [1.29, 1.82) is 0 Å². The van der Waals surface area contributed by atoms with Crippen LogP contribution in [-0.4, -0.2) is 38.7 Å². The maximum Gasteiger partial charge on any atom is 0.251 e. The maximum atomic E-state index is 12.2. The number of rotatable bonds is 6. The van der Waals surface area contributed by atoms with Crippen LogP contribution in [0.4, 0.5) is 0 Å². The Morgan fingerprint density at radius 3 is 2.72 bits per heavy atom. The Kier molecular flexibility index (Phi) is 5.39. The Balaban J connectivity index is 1.65. The minimum atomic E-state index is -3.25. The third kappa shape index (κ3) is 4.79. The zero-order valence-corrected chi connectivity index (χ0v) is 15.1. The normalized spacial score (nSPS) is 16.2. The van der Waals surface area contributed by atoms with Gasteiger partial charge in [-0.05, 0) is 31.0 Å². The van der Waals surface area contributed by atoms with E-state index in [1.165, 1.54) is 19.3 Å². The molecule has 0 spiro atoms. The van der Waals surface area contributed by atoms with Gasteiger partial charge in [0, 0.05) is 24.6 Å². The molecule has 1 amide bonds. The molecule has 1 aliphatic rings. The van der Waals surface area contributed by atoms with Gasteiger partial charge in [-0.2, -0.15) is 0 Å². The molecule has 2 N–H and O–H groups in total. The van der Waals surface area contributed by atoms with E-state index in [1.54, 1.807) is 18.2 Å². The van der Waals surface area contributed by atoms with Crippen LogP contribution in [0.1, 0.15) is 54.3 Å². The molecule has 7 nitrogen and oxygen atoms in total. The van der Waals surface area contributed by atoms with Crippen LogP contribution in [0.5, 0.6) is 0 Å². The summed E-state index contributed by atoms with van der Waals surface area (Å²) < 4.78 is 30.2. The molecule has 1 aliphatic carbocycles. The molecule has 1 aromatic heterocycles. The van der Waals surface area contributed by atoms with Crippen molar-refractivity contribution in [3.63, 3.8) is 0 Å². The summed E-state index contributed by atoms with van der Waals surface area (Å²) in [6.07, 6.45) is 6.98. The molecule has 1 fully saturated rings. The lowest BCUT2D eigenvalue weighted by Crippen LogP contribution is -2.34. The number of oxazole rings is 1. The van der Waals surface area contributed by atoms with Crippen molar-refractivity contribution in [1.82, 2.24) is 15.0 Å². The van der Waals surface area contributed by atoms with Crippen molar-refractivity contribution in [2.75, 3.05) is 19.3 Å². The van der Waals surface area contributed by atoms with Crippen molar-refractivity contribution in [3.05, 3.63) is 29.7 Å². The Labute approximate surface area is 147 Å². The summed E-state index contributed by atoms with van der Waals surface area (Å²) in [4.78, 5) is 16.7. The molecule has 1 saturated carbocycles. The van der Waals surface area contributed by atoms with Crippen LogP contribution in [0.2, 0.25) is 0 Å². The van der Waals surface area contributed by atoms with Crippen LogP contribution in [0.25, 0.3) is 11.1 Å². The molecule has 0 aliphatic heterocycles. The summed E-state index contributed by atoms with van der Waals surface area (Å²) in [6, 6.07) is 5.18. The van der Waals surface area contributed by atoms with Gasteiger partial charge in [-0.15, -0.1) is 0 Å². The van der Waals surface area contributed by atoms with Gasteiger partial charge < -0.3 is 9.73 Å². The molecule has 0 bridgehead atoms. The number of nitrogens with zero attached hydrogens (tertiary/aromatic N) is 1. The van der Waals surface area contributed by atoms with E-state index in [-0.39, 0.29) is 19.0 Å². The van der Waals surface area contributed by atoms with Crippen molar-refractivity contribution in [3.8, 4) is 0 Å². The van der Waals surface area contributed by atoms with E-state index in [9.17, 15) is 13.2 Å². The fraction of sp³-hybridized carbons (Fsp3) is 0.529. The van der Waals surface area contributed by atoms with Crippen molar-refractivity contribution in [2.24, 2.45) is 0 Å². The van der Waals surface area contributed by atoms with Crippen LogP contribution in [0, 0.1) is 0 Å². The van der Waals surface area contributed by atoms with Crippen LogP contribution in [0.3, 0.4) is 0 Å². The number of hydrogen-bond donors (Lipinski definition) is 2. The average molecular weight is 365 g/mol. The van der Waals surface area contributed by atoms with Crippen molar-refractivity contribution < 1.29 is 17.6 Å². The highest BCUT2D eigenvalue weighted by Gasteiger charge is 2.21. The van der Waals surface area contributed by atoms with E-state index >= 15 is 0 Å². The highest BCUT2D eigenvalue weighted by molar-refractivity contribution is 7.88. The molecule has 1 heterocycles. The largest absolute Gasteiger partial charge is 0.440 e. The summed E-state index contributed by atoms with van der Waals surface area (Å²) in [6.45, 7) is 0.370. The Morgan fingerprint density at radius 1 is 1.24 bits per heavy atom. The minimum absolute atomic E-state index is 0.154. The van der Waals surface area contributed by atoms with Crippen LogP contribution in [0.15, 0.2) is 22.6 Å². The molecule has 0 unspecified atom stereocenters. The first-order valence-electron chi connectivity index (χ1n) is 8.56. The number of fused-ring (bicyclic) bond motifs is 1. The molecule has 25 heavy (non-hydrogen) atoms. The summed E-state index contributed by atoms with van der Waals surface area (Å²) >= 11 is 0. The number of nitrogens with one attached hydrogen (secondary N) is 2. The number of carbonyl (C=O) groups excluding carboxylic acids is 1. The summed E-state index contributed by atoms with van der Waals surface area (Å²) in [7, 11) is -3.25. The number of hydrogen-bond acceptors (Lipinski definition) is 5. The fourth-order valence-corrected chi connectivity index (χ4v) is 3.60. The molecule has 0 radical (unpaired) electrons. The number of aromatic nitrogens is 1. The number of carbonyl (C=O) groups is 1. The van der Waals surface area contributed by atoms with Gasteiger partial charge in [0.05, 0.1) is 6.26 Å². The van der Waals surface area contributed by atoms with Gasteiger partial charge in [-0.3, -0.25) is 4.79 Å². The zero-order chi connectivity index (χ0) is 17.9. The van der Waals surface area contributed by atoms with E-state index in [4.69, 9.17) is 4.42 Å². The monoisotopic (exact) mass is 365 g/mol. The third-order valence-electron chi connectivity index (χ3n) is 4.40. The molecule has 1 aromatic carbocycles. The Hall–Kier alpha value is -1.93. The fourth-order valence-electron chi connectivity index (χ4n) is 3.12. The van der Waals surface area contributed by atoms with E-state index in [2.05, 4.69) is 15.0 Å². The maximum absolute atomic E-state index is 12.2. The van der Waals surface area contributed by atoms with Crippen molar-refractivity contribution >= 4 is 27.0 Å². The molecule has 3 rings (SSSR count). The summed E-state index contributed by atoms with van der Waals surface area (Å²) in [5.74, 6) is 0.873. The van der Waals surface area contributed by atoms with Gasteiger partial charge in [-0.25, -0.2) is 18.1 Å². The molecule has 0 atom stereocenters. The third-order valence-corrected chi connectivity index (χ3v) is 5.12. The lowest BCUT2D eigenvalue weighted by Gasteiger charge is -2.17. The number of amides is 1. The number of benzene rings is 1. The first kappa shape index (κ1) is 17.9. The topological polar surface area (TPSA) is 101 Å². The second-order valence-corrected chi connectivity index (χ2v) is 8.32. The molecule has 8 heteroatoms. The van der Waals surface area contributed by atoms with Gasteiger partial charge in [0.25, 0.3) is 5.91 Å². The quantitative estimate of drug-likeness (QED) is 0.764. The highest BCUT2D eigenvalue weighted by atomic mass is 32.2. The van der Waals surface area contributed by atoms with Gasteiger partial charge in [0.2, 0.25) is 10.0 Å². The van der Waals surface area contributed by atoms with E-state index < -0.39 is 10.0 Å². The first-order chi connectivity index (χ1) is 11.9. The second kappa shape index (κ2) is 7.53. The van der Waals surface area contributed by atoms with E-state index in [0.29, 0.717) is 17.1 Å². The zero-order valence-electron chi connectivity index (χ0n) is 14.2. The predicted octanol–water partition coefficient (Wildman–Crippen LogP) is 2.15. The van der Waals surface area contributed by atoms with Crippen LogP contribution >= 0.6 is 0 Å². The van der Waals surface area contributed by atoms with Gasteiger partial charge in [0.15, 0.2) is 11.5 Å². The van der Waals surface area contributed by atoms with Gasteiger partial charge in [-0.1, -0.05) is 19.3 Å². The molecular weight excluding hydrogens is 342 g/mol. The van der Waals surface area contributed by atoms with Crippen LogP contribution < -0.4 is 10.0 Å². The molecule has 0 saturated heterocycles. The van der Waals surface area contributed by atoms with Gasteiger partial charge >= 0.3 is 0 Å². The Morgan fingerprint density at radius 2 is 2.00 bits per heavy atom. The molecule has 136 valence electrons. The Bertz CT molecular complexity index is 854. The minimum Gasteiger partial charge on any atom is -0.440 e. The summed E-state index contributed by atoms with van der Waals surface area (Å²) in [5, 5.41) is 2.68. The SMILES string of the molecule is CS(=O)(=O)NCCNC(=O)c1ccc2nc(C3CCCCC3)oc2c1. The van der Waals surface area contributed by atoms with Crippen molar-refractivity contribution in [2.45, 2.75) is 38.0 Å². The number of sulfonamides is 1. The van der Waals surface area contributed by atoms with E-state index in [1.807, 2.05) is 0 Å². The standard InChI is InChI=1S/C17H23N3O4S/c1-25(22,23)19-10-9-18-16(21)13-7-8-14-15(11-13)24-17(20-14)12-5-3-2-4-6-12/h7-8,11-12,19H,2-6,9-10H2,1H3,(H,18,21). The molecule has 2 aromatic rings. The average Bonchev–Trinajstić information content (AvgIpc) is 3.01. The smallest absolute Gasteiger partial charge is 0.251 e. The second-order valence-electron chi connectivity index (χ2n) is 6.49. The lowest BCUT2D eigenvalue weighted by atomic mass is 9.89. The molecular formula is C17H23N3O4S. The van der Waals surface area contributed by atoms with Gasteiger partial charge in [0.1, 0.15) is 5.52 Å². The lowest BCUT2D eigenvalue weighted by molar-refractivity contribution is 0.0954. The highest BCUT2D eigenvalue weighted by Crippen LogP contribution is 2.33. The summed E-state index contributed by atoms with van der Waals surface area (Å²) in [5.41, 5.74) is 1.84.